The molecule has 40 valence electrons. The molecule has 1 aliphatic rings. The Morgan fingerprint density at radius 1 is 1.29 bits per heavy atom. The lowest BCUT2D eigenvalue weighted by Gasteiger charge is -2.14. The van der Waals surface area contributed by atoms with Gasteiger partial charge in [-0.25, -0.2) is 0 Å². The molecule has 0 aliphatic carbocycles. The first kappa shape index (κ1) is 5.47. The summed E-state index contributed by atoms with van der Waals surface area (Å²) in [4.78, 5) is 0. The smallest absolute Gasteiger partial charge is 0.402 e. The Hall–Kier alpha value is 0.335. The van der Waals surface area contributed by atoms with Crippen molar-refractivity contribution in [2.45, 2.75) is 6.42 Å². The zero-order chi connectivity index (χ0) is 5.11. The average Bonchev–Trinajstić information content (AvgIpc) is 1.69. The Labute approximate surface area is 48.6 Å². The predicted octanol–water partition coefficient (Wildman–Crippen LogP) is 0.338. The predicted molar refractivity (Wildman–Crippen MR) is 31.3 cm³/mol. The van der Waals surface area contributed by atoms with Gasteiger partial charge in [0.2, 0.25) is 0 Å². The second kappa shape index (κ2) is 2.60. The fourth-order valence-electron chi connectivity index (χ4n) is 0.475. The Morgan fingerprint density at radius 3 is 2.14 bits per heavy atom. The van der Waals surface area contributed by atoms with Crippen molar-refractivity contribution in [2.24, 2.45) is 0 Å². The normalized spacial score (nSPS) is 22.7. The zero-order valence-corrected chi connectivity index (χ0v) is 4.86. The van der Waals surface area contributed by atoms with E-state index in [-0.39, 0.29) is 6.40 Å². The third kappa shape index (κ3) is 1.71. The van der Waals surface area contributed by atoms with Crippen molar-refractivity contribution in [3.05, 3.63) is 0 Å². The molecule has 0 N–H and O–H groups in total. The second-order valence-electron chi connectivity index (χ2n) is 1.40. The Morgan fingerprint density at radius 2 is 1.86 bits per heavy atom. The topological polar surface area (TPSA) is 18.5 Å². The van der Waals surface area contributed by atoms with Crippen LogP contribution >= 0.6 is 12.5 Å². The highest BCUT2D eigenvalue weighted by atomic mass is 32.1. The molecule has 1 heterocycles. The summed E-state index contributed by atoms with van der Waals surface area (Å²) in [5.41, 5.74) is 0. The molecule has 1 saturated heterocycles. The summed E-state index contributed by atoms with van der Waals surface area (Å²) in [6, 6.07) is 0. The van der Waals surface area contributed by atoms with Gasteiger partial charge >= 0.3 is 6.40 Å². The van der Waals surface area contributed by atoms with Crippen LogP contribution in [0.15, 0.2) is 0 Å². The number of thiol groups is 1. The summed E-state index contributed by atoms with van der Waals surface area (Å²) in [6.07, 6.45) is 0.727. The van der Waals surface area contributed by atoms with E-state index >= 15 is 0 Å². The van der Waals surface area contributed by atoms with E-state index in [9.17, 15) is 0 Å². The van der Waals surface area contributed by atoms with E-state index in [1.807, 2.05) is 0 Å². The van der Waals surface area contributed by atoms with E-state index in [0.29, 0.717) is 0 Å². The van der Waals surface area contributed by atoms with Crippen molar-refractivity contribution >= 4 is 18.9 Å². The number of hydrogen-bond donors (Lipinski definition) is 1. The van der Waals surface area contributed by atoms with Crippen LogP contribution in [0.3, 0.4) is 0 Å². The van der Waals surface area contributed by atoms with Gasteiger partial charge in [0.15, 0.2) is 0 Å². The minimum Gasteiger partial charge on any atom is -0.402 e. The third-order valence-electron chi connectivity index (χ3n) is 0.810. The maximum atomic E-state index is 4.92. The van der Waals surface area contributed by atoms with Crippen molar-refractivity contribution in [2.75, 3.05) is 13.2 Å². The summed E-state index contributed by atoms with van der Waals surface area (Å²) in [5, 5.41) is 0. The van der Waals surface area contributed by atoms with Crippen LogP contribution in [-0.2, 0) is 9.31 Å². The first-order valence-electron chi connectivity index (χ1n) is 2.31. The highest BCUT2D eigenvalue weighted by molar-refractivity contribution is 8.08. The van der Waals surface area contributed by atoms with E-state index in [1.165, 1.54) is 0 Å². The summed E-state index contributed by atoms with van der Waals surface area (Å²) >= 11 is 3.92. The molecule has 0 aromatic carbocycles. The molecule has 7 heavy (non-hydrogen) atoms. The minimum atomic E-state index is -0.270. The molecule has 0 bridgehead atoms. The van der Waals surface area contributed by atoms with Crippen LogP contribution in [0.25, 0.3) is 0 Å². The molecule has 0 amide bonds. The van der Waals surface area contributed by atoms with Crippen LogP contribution in [-0.4, -0.2) is 19.6 Å². The molecule has 0 unspecified atom stereocenters. The minimum absolute atomic E-state index is 0.270. The summed E-state index contributed by atoms with van der Waals surface area (Å²) in [5.74, 6) is 0. The van der Waals surface area contributed by atoms with Gasteiger partial charge in [0.25, 0.3) is 0 Å². The fraction of sp³-hybridized carbons (Fsp3) is 1.00. The van der Waals surface area contributed by atoms with Crippen LogP contribution in [0.4, 0.5) is 0 Å². The molecule has 0 saturated carbocycles. The molecular weight excluding hydrogens is 111 g/mol. The molecule has 4 heteroatoms. The van der Waals surface area contributed by atoms with Gasteiger partial charge in [0.1, 0.15) is 0 Å². The summed E-state index contributed by atoms with van der Waals surface area (Å²) < 4.78 is 9.84. The van der Waals surface area contributed by atoms with E-state index in [4.69, 9.17) is 9.31 Å². The first-order chi connectivity index (χ1) is 3.39. The monoisotopic (exact) mass is 118 g/mol. The van der Waals surface area contributed by atoms with Gasteiger partial charge in [-0.2, -0.15) is 12.5 Å². The Balaban J connectivity index is 2.12. The first-order valence-corrected chi connectivity index (χ1v) is 2.82. The van der Waals surface area contributed by atoms with Crippen LogP contribution in [0.1, 0.15) is 6.42 Å². The van der Waals surface area contributed by atoms with Gasteiger partial charge in [-0.05, 0) is 6.42 Å². The van der Waals surface area contributed by atoms with Crippen molar-refractivity contribution in [1.29, 1.82) is 0 Å². The standard InChI is InChI=1S/C3H7BO2S/c7-4-5-2-1-3-6-4/h7H,1-3H2. The number of hydrogen-bond acceptors (Lipinski definition) is 3. The lowest BCUT2D eigenvalue weighted by atomic mass is 10.3. The molecule has 0 atom stereocenters. The molecule has 2 nitrogen and oxygen atoms in total. The van der Waals surface area contributed by atoms with Crippen molar-refractivity contribution in [3.8, 4) is 0 Å². The fourth-order valence-corrected chi connectivity index (χ4v) is 0.686. The highest BCUT2D eigenvalue weighted by Gasteiger charge is 2.15. The quantitative estimate of drug-likeness (QED) is 0.365. The van der Waals surface area contributed by atoms with E-state index in [2.05, 4.69) is 12.5 Å². The van der Waals surface area contributed by atoms with Crippen LogP contribution in [0.2, 0.25) is 0 Å². The van der Waals surface area contributed by atoms with Crippen molar-refractivity contribution < 1.29 is 9.31 Å². The van der Waals surface area contributed by atoms with Gasteiger partial charge in [-0.3, -0.25) is 0 Å². The van der Waals surface area contributed by atoms with Gasteiger partial charge in [-0.15, -0.1) is 0 Å². The Kier molecular flexibility index (Phi) is 2.03. The summed E-state index contributed by atoms with van der Waals surface area (Å²) in [7, 11) is 0. The van der Waals surface area contributed by atoms with Gasteiger partial charge in [0, 0.05) is 13.2 Å². The molecule has 0 spiro atoms. The molecule has 0 radical (unpaired) electrons. The van der Waals surface area contributed by atoms with Gasteiger partial charge in [-0.1, -0.05) is 0 Å². The maximum absolute atomic E-state index is 4.92. The van der Waals surface area contributed by atoms with Gasteiger partial charge < -0.3 is 9.31 Å². The average molecular weight is 118 g/mol. The van der Waals surface area contributed by atoms with Crippen LogP contribution < -0.4 is 0 Å². The van der Waals surface area contributed by atoms with Crippen LogP contribution in [0, 0.1) is 0 Å². The second-order valence-corrected chi connectivity index (χ2v) is 1.82. The highest BCUT2D eigenvalue weighted by Crippen LogP contribution is 2.02. The van der Waals surface area contributed by atoms with Crippen molar-refractivity contribution in [1.82, 2.24) is 0 Å². The maximum Gasteiger partial charge on any atom is 0.528 e. The van der Waals surface area contributed by atoms with E-state index in [0.717, 1.165) is 19.6 Å². The molecule has 1 aliphatic heterocycles. The zero-order valence-electron chi connectivity index (χ0n) is 3.96. The number of rotatable bonds is 0. The molecule has 1 fully saturated rings. The molecule has 0 aromatic heterocycles. The van der Waals surface area contributed by atoms with Crippen molar-refractivity contribution in [3.63, 3.8) is 0 Å². The van der Waals surface area contributed by atoms with E-state index in [1.54, 1.807) is 0 Å². The summed E-state index contributed by atoms with van der Waals surface area (Å²) in [6.45, 7) is 1.57. The molecule has 0 aromatic rings. The molecule has 1 rings (SSSR count). The van der Waals surface area contributed by atoms with E-state index < -0.39 is 0 Å². The SMILES string of the molecule is SB1OCCCO1. The molecular formula is C3H7BO2S. The van der Waals surface area contributed by atoms with Crippen LogP contribution in [0.5, 0.6) is 0 Å². The Bertz CT molecular complexity index is 54.9. The van der Waals surface area contributed by atoms with Gasteiger partial charge in [0.05, 0.1) is 0 Å². The third-order valence-corrected chi connectivity index (χ3v) is 1.11. The lowest BCUT2D eigenvalue weighted by molar-refractivity contribution is 0.150. The largest absolute Gasteiger partial charge is 0.528 e. The lowest BCUT2D eigenvalue weighted by Crippen LogP contribution is -2.23.